The van der Waals surface area contributed by atoms with E-state index in [0.717, 1.165) is 5.01 Å². The van der Waals surface area contributed by atoms with Gasteiger partial charge < -0.3 is 14.5 Å². The number of nitrogens with zero attached hydrogens (tertiary/aromatic N) is 3. The minimum Gasteiger partial charge on any atom is -0.476 e. The van der Waals surface area contributed by atoms with Crippen molar-refractivity contribution >= 4 is 23.0 Å². The van der Waals surface area contributed by atoms with E-state index < -0.39 is 5.97 Å². The number of carboxylic acid groups (broad SMARTS) is 1. The van der Waals surface area contributed by atoms with E-state index in [-0.39, 0.29) is 23.4 Å². The minimum absolute atomic E-state index is 0.00802. The van der Waals surface area contributed by atoms with Gasteiger partial charge in [-0.25, -0.2) is 9.78 Å². The number of hydrogen-bond acceptors (Lipinski definition) is 6. The molecule has 0 atom stereocenters. The quantitative estimate of drug-likeness (QED) is 0.665. The van der Waals surface area contributed by atoms with Gasteiger partial charge in [0.25, 0.3) is 0 Å². The van der Waals surface area contributed by atoms with Crippen LogP contribution in [0.4, 0.5) is 0 Å². The number of rotatable bonds is 5. The van der Waals surface area contributed by atoms with Crippen LogP contribution >= 0.6 is 11.3 Å². The van der Waals surface area contributed by atoms with Crippen molar-refractivity contribution in [3.63, 3.8) is 0 Å². The highest BCUT2D eigenvalue weighted by atomic mass is 32.1. The van der Waals surface area contributed by atoms with Gasteiger partial charge in [-0.15, -0.1) is 11.3 Å². The average Bonchev–Trinajstić information content (AvgIpc) is 2.86. The molecule has 0 aliphatic rings. The van der Waals surface area contributed by atoms with Crippen LogP contribution in [0.15, 0.2) is 27.6 Å². The van der Waals surface area contributed by atoms with E-state index in [2.05, 4.69) is 10.1 Å². The van der Waals surface area contributed by atoms with Gasteiger partial charge in [-0.1, -0.05) is 5.16 Å². The maximum atomic E-state index is 11.6. The molecule has 2 aromatic rings. The molecule has 0 fully saturated rings. The van der Waals surface area contributed by atoms with Gasteiger partial charge in [-0.2, -0.15) is 0 Å². The second kappa shape index (κ2) is 6.52. The topological polar surface area (TPSA) is 93.8 Å². The Morgan fingerprint density at radius 1 is 1.50 bits per heavy atom. The van der Waals surface area contributed by atoms with Crippen molar-refractivity contribution in [2.24, 2.45) is 12.2 Å². The fraction of sp³-hybridized carbons (Fsp3) is 0.286. The van der Waals surface area contributed by atoms with E-state index in [9.17, 15) is 9.59 Å². The summed E-state index contributed by atoms with van der Waals surface area (Å²) in [6.07, 6.45) is 1.69. The van der Waals surface area contributed by atoms with E-state index >= 15 is 0 Å². The smallest absolute Gasteiger partial charge is 0.360 e. The van der Waals surface area contributed by atoms with Crippen LogP contribution in [0.3, 0.4) is 0 Å². The predicted molar refractivity (Wildman–Crippen MR) is 82.2 cm³/mol. The lowest BCUT2D eigenvalue weighted by atomic mass is 10.2. The second-order valence-corrected chi connectivity index (χ2v) is 5.76. The van der Waals surface area contributed by atoms with Crippen molar-refractivity contribution < 1.29 is 14.7 Å². The molecule has 0 saturated heterocycles. The van der Waals surface area contributed by atoms with Crippen LogP contribution < -0.4 is 5.43 Å². The van der Waals surface area contributed by atoms with Crippen molar-refractivity contribution in [2.75, 3.05) is 0 Å². The zero-order valence-electron chi connectivity index (χ0n) is 12.4. The number of aryl methyl sites for hydroxylation is 3. The fourth-order valence-electron chi connectivity index (χ4n) is 1.78. The third-order valence-corrected chi connectivity index (χ3v) is 3.73. The van der Waals surface area contributed by atoms with Gasteiger partial charge in [-0.3, -0.25) is 4.79 Å². The Morgan fingerprint density at radius 2 is 2.23 bits per heavy atom. The normalized spacial score (nSPS) is 11.5. The number of hydrogen-bond donors (Lipinski definition) is 1. The summed E-state index contributed by atoms with van der Waals surface area (Å²) in [4.78, 5) is 32.0. The minimum atomic E-state index is -1.22. The van der Waals surface area contributed by atoms with Gasteiger partial charge >= 0.3 is 5.97 Å². The molecule has 8 heteroatoms. The van der Waals surface area contributed by atoms with Crippen LogP contribution in [-0.2, 0) is 23.3 Å². The van der Waals surface area contributed by atoms with Crippen molar-refractivity contribution in [3.8, 4) is 0 Å². The highest BCUT2D eigenvalue weighted by Crippen LogP contribution is 2.10. The summed E-state index contributed by atoms with van der Waals surface area (Å²) in [5.41, 5.74) is 1.11. The Labute approximate surface area is 130 Å². The van der Waals surface area contributed by atoms with E-state index in [1.807, 2.05) is 0 Å². The van der Waals surface area contributed by atoms with Crippen molar-refractivity contribution in [2.45, 2.75) is 20.5 Å². The highest BCUT2D eigenvalue weighted by molar-refractivity contribution is 7.09. The first-order valence-corrected chi connectivity index (χ1v) is 7.28. The first-order chi connectivity index (χ1) is 10.4. The number of carbonyl (C=O) groups is 1. The monoisotopic (exact) mass is 321 g/mol. The van der Waals surface area contributed by atoms with Crippen molar-refractivity contribution in [1.82, 2.24) is 9.55 Å². The molecule has 1 N–H and O–H groups in total. The molecule has 0 spiro atoms. The largest absolute Gasteiger partial charge is 0.476 e. The Kier molecular flexibility index (Phi) is 4.71. The molecule has 2 aromatic heterocycles. The van der Waals surface area contributed by atoms with E-state index in [1.165, 1.54) is 17.4 Å². The zero-order valence-corrected chi connectivity index (χ0v) is 13.2. The molecule has 7 nitrogen and oxygen atoms in total. The van der Waals surface area contributed by atoms with E-state index in [0.29, 0.717) is 11.3 Å². The number of pyridine rings is 1. The molecular weight excluding hydrogens is 306 g/mol. The molecule has 2 rings (SSSR count). The van der Waals surface area contributed by atoms with Gasteiger partial charge in [0.1, 0.15) is 5.69 Å². The Hall–Kier alpha value is -2.48. The van der Waals surface area contributed by atoms with Crippen LogP contribution in [0.1, 0.15) is 22.0 Å². The molecule has 0 aliphatic carbocycles. The third-order valence-electron chi connectivity index (χ3n) is 2.96. The predicted octanol–water partition coefficient (Wildman–Crippen LogP) is 1.46. The number of thiazole rings is 1. The van der Waals surface area contributed by atoms with Crippen LogP contribution in [0.2, 0.25) is 0 Å². The molecule has 0 bridgehead atoms. The molecule has 22 heavy (non-hydrogen) atoms. The summed E-state index contributed by atoms with van der Waals surface area (Å²) in [6.45, 7) is 3.49. The Morgan fingerprint density at radius 3 is 2.82 bits per heavy atom. The Balaban J connectivity index is 2.18. The summed E-state index contributed by atoms with van der Waals surface area (Å²) in [7, 11) is 1.77. The molecule has 0 unspecified atom stereocenters. The Bertz CT molecular complexity index is 792. The van der Waals surface area contributed by atoms with Gasteiger partial charge in [0, 0.05) is 30.3 Å². The van der Waals surface area contributed by atoms with Crippen LogP contribution in [0.5, 0.6) is 0 Å². The van der Waals surface area contributed by atoms with Crippen molar-refractivity contribution in [3.05, 3.63) is 49.8 Å². The molecule has 116 valence electrons. The first-order valence-electron chi connectivity index (χ1n) is 6.40. The standard InChI is InChI=1S/C14H15N3O4S/c1-8-5-17(3)10(4-12(8)18)6-21-16-13(14(19)20)11-7-22-9(2)15-11/h4-5,7H,6H2,1-3H3,(H,19,20)/b16-13+. The number of aromatic nitrogens is 2. The fourth-order valence-corrected chi connectivity index (χ4v) is 2.38. The molecule has 0 amide bonds. The summed E-state index contributed by atoms with van der Waals surface area (Å²) in [6, 6.07) is 1.44. The van der Waals surface area contributed by atoms with Gasteiger partial charge in [0.15, 0.2) is 12.0 Å². The second-order valence-electron chi connectivity index (χ2n) is 4.69. The van der Waals surface area contributed by atoms with E-state index in [4.69, 9.17) is 9.94 Å². The lowest BCUT2D eigenvalue weighted by Gasteiger charge is -2.08. The number of oxime groups is 1. The zero-order chi connectivity index (χ0) is 16.3. The van der Waals surface area contributed by atoms with Gasteiger partial charge in [0.05, 0.1) is 10.7 Å². The molecule has 2 heterocycles. The van der Waals surface area contributed by atoms with Crippen LogP contribution in [0, 0.1) is 13.8 Å². The number of aliphatic carboxylic acids is 1. The van der Waals surface area contributed by atoms with Gasteiger partial charge in [0.2, 0.25) is 5.71 Å². The molecule has 0 radical (unpaired) electrons. The van der Waals surface area contributed by atoms with Crippen LogP contribution in [0.25, 0.3) is 0 Å². The van der Waals surface area contributed by atoms with Crippen LogP contribution in [-0.4, -0.2) is 26.3 Å². The van der Waals surface area contributed by atoms with E-state index in [1.54, 1.807) is 37.0 Å². The maximum absolute atomic E-state index is 11.6. The lowest BCUT2D eigenvalue weighted by Crippen LogP contribution is -2.16. The average molecular weight is 321 g/mol. The summed E-state index contributed by atoms with van der Waals surface area (Å²) in [5.74, 6) is -1.22. The number of carboxylic acids is 1. The van der Waals surface area contributed by atoms with Crippen molar-refractivity contribution in [1.29, 1.82) is 0 Å². The molecule has 0 aromatic carbocycles. The lowest BCUT2D eigenvalue weighted by molar-refractivity contribution is -0.129. The highest BCUT2D eigenvalue weighted by Gasteiger charge is 2.16. The maximum Gasteiger partial charge on any atom is 0.360 e. The third kappa shape index (κ3) is 3.59. The molecule has 0 aliphatic heterocycles. The van der Waals surface area contributed by atoms with Gasteiger partial charge in [-0.05, 0) is 13.8 Å². The first kappa shape index (κ1) is 15.9. The molecular formula is C14H15N3O4S. The summed E-state index contributed by atoms with van der Waals surface area (Å²) < 4.78 is 1.74. The summed E-state index contributed by atoms with van der Waals surface area (Å²) >= 11 is 1.33. The summed E-state index contributed by atoms with van der Waals surface area (Å²) in [5, 5.41) is 15.2. The molecule has 0 saturated carbocycles. The SMILES string of the molecule is Cc1nc(/C(=N\OCc2cc(=O)c(C)cn2C)C(=O)O)cs1.